The highest BCUT2D eigenvalue weighted by atomic mass is 16.5. The van der Waals surface area contributed by atoms with Gasteiger partial charge in [0.15, 0.2) is 17.5 Å². The molecule has 0 radical (unpaired) electrons. The fourth-order valence-electron chi connectivity index (χ4n) is 2.32. The van der Waals surface area contributed by atoms with Gasteiger partial charge in [0.05, 0.1) is 13.7 Å². The molecule has 0 heterocycles. The van der Waals surface area contributed by atoms with Gasteiger partial charge in [0.25, 0.3) is 0 Å². The maximum absolute atomic E-state index is 5.94. The van der Waals surface area contributed by atoms with Crippen LogP contribution in [-0.2, 0) is 0 Å². The number of methoxy groups -OCH3 is 1. The Hall–Kier alpha value is -1.95. The molecule has 0 aliphatic heterocycles. The number of nitrogens with one attached hydrogen (secondary N) is 2. The second-order valence-corrected chi connectivity index (χ2v) is 6.20. The van der Waals surface area contributed by atoms with Gasteiger partial charge >= 0.3 is 0 Å². The molecule has 0 spiro atoms. The second kappa shape index (κ2) is 11.6. The van der Waals surface area contributed by atoms with E-state index >= 15 is 0 Å². The van der Waals surface area contributed by atoms with Gasteiger partial charge in [0.1, 0.15) is 6.10 Å². The summed E-state index contributed by atoms with van der Waals surface area (Å²) in [4.78, 5) is 6.60. The molecule has 0 amide bonds. The van der Waals surface area contributed by atoms with Crippen molar-refractivity contribution in [2.45, 2.75) is 39.3 Å². The summed E-state index contributed by atoms with van der Waals surface area (Å²) >= 11 is 0. The molecule has 0 fully saturated rings. The molecule has 25 heavy (non-hydrogen) atoms. The SMILES string of the molecule is CCC(C)N(C)CCNC(=NC)NCC(C)Oc1ccccc1OC. The van der Waals surface area contributed by atoms with E-state index in [1.807, 2.05) is 31.2 Å². The number of guanidine groups is 1. The van der Waals surface area contributed by atoms with E-state index in [4.69, 9.17) is 9.47 Å². The second-order valence-electron chi connectivity index (χ2n) is 6.20. The number of ether oxygens (including phenoxy) is 2. The Kier molecular flexibility index (Phi) is 9.77. The lowest BCUT2D eigenvalue weighted by atomic mass is 10.2. The predicted octanol–water partition coefficient (Wildman–Crippen LogP) is 2.36. The van der Waals surface area contributed by atoms with E-state index in [1.165, 1.54) is 0 Å². The molecule has 2 N–H and O–H groups in total. The number of hydrogen-bond donors (Lipinski definition) is 2. The molecule has 0 aliphatic rings. The van der Waals surface area contributed by atoms with E-state index in [9.17, 15) is 0 Å². The first-order valence-electron chi connectivity index (χ1n) is 8.96. The number of para-hydroxylation sites is 2. The van der Waals surface area contributed by atoms with Gasteiger partial charge in [-0.3, -0.25) is 4.99 Å². The molecule has 0 aliphatic carbocycles. The van der Waals surface area contributed by atoms with Crippen molar-refractivity contribution in [3.63, 3.8) is 0 Å². The molecule has 1 rings (SSSR count). The Morgan fingerprint density at radius 3 is 2.48 bits per heavy atom. The Labute approximate surface area is 152 Å². The van der Waals surface area contributed by atoms with Gasteiger partial charge in [0, 0.05) is 26.2 Å². The van der Waals surface area contributed by atoms with Gasteiger partial charge in [-0.2, -0.15) is 0 Å². The lowest BCUT2D eigenvalue weighted by molar-refractivity contribution is 0.213. The van der Waals surface area contributed by atoms with E-state index in [-0.39, 0.29) is 6.10 Å². The Bertz CT molecular complexity index is 522. The largest absolute Gasteiger partial charge is 0.493 e. The third kappa shape index (κ3) is 7.65. The summed E-state index contributed by atoms with van der Waals surface area (Å²) in [5.41, 5.74) is 0. The van der Waals surface area contributed by atoms with Crippen molar-refractivity contribution in [2.24, 2.45) is 4.99 Å². The zero-order valence-electron chi connectivity index (χ0n) is 16.5. The number of rotatable bonds is 10. The highest BCUT2D eigenvalue weighted by molar-refractivity contribution is 5.79. The van der Waals surface area contributed by atoms with Gasteiger partial charge in [-0.1, -0.05) is 19.1 Å². The minimum Gasteiger partial charge on any atom is -0.493 e. The monoisotopic (exact) mass is 350 g/mol. The average molecular weight is 351 g/mol. The maximum atomic E-state index is 5.94. The zero-order chi connectivity index (χ0) is 18.7. The van der Waals surface area contributed by atoms with Gasteiger partial charge in [-0.05, 0) is 39.4 Å². The van der Waals surface area contributed by atoms with Crippen molar-refractivity contribution in [1.29, 1.82) is 0 Å². The molecule has 0 saturated carbocycles. The molecule has 2 unspecified atom stereocenters. The quantitative estimate of drug-likeness (QED) is 0.501. The third-order valence-corrected chi connectivity index (χ3v) is 4.28. The first-order chi connectivity index (χ1) is 12.0. The van der Waals surface area contributed by atoms with Crippen LogP contribution in [0.25, 0.3) is 0 Å². The van der Waals surface area contributed by atoms with E-state index in [1.54, 1.807) is 14.2 Å². The van der Waals surface area contributed by atoms with Crippen LogP contribution in [0.4, 0.5) is 0 Å². The smallest absolute Gasteiger partial charge is 0.191 e. The first kappa shape index (κ1) is 21.1. The van der Waals surface area contributed by atoms with Crippen LogP contribution < -0.4 is 20.1 Å². The van der Waals surface area contributed by atoms with Gasteiger partial charge in [-0.15, -0.1) is 0 Å². The molecule has 1 aromatic carbocycles. The molecule has 142 valence electrons. The maximum Gasteiger partial charge on any atom is 0.191 e. The van der Waals surface area contributed by atoms with E-state index in [0.717, 1.165) is 37.0 Å². The number of benzene rings is 1. The zero-order valence-corrected chi connectivity index (χ0v) is 16.5. The summed E-state index contributed by atoms with van der Waals surface area (Å²) in [7, 11) is 5.57. The summed E-state index contributed by atoms with van der Waals surface area (Å²) < 4.78 is 11.3. The molecule has 0 aromatic heterocycles. The van der Waals surface area contributed by atoms with Crippen LogP contribution in [0.2, 0.25) is 0 Å². The average Bonchev–Trinajstić information content (AvgIpc) is 2.63. The number of hydrogen-bond acceptors (Lipinski definition) is 4. The Balaban J connectivity index is 2.36. The molecule has 6 heteroatoms. The first-order valence-corrected chi connectivity index (χ1v) is 8.96. The number of nitrogens with zero attached hydrogens (tertiary/aromatic N) is 2. The fourth-order valence-corrected chi connectivity index (χ4v) is 2.32. The van der Waals surface area contributed by atoms with Crippen LogP contribution in [-0.4, -0.2) is 63.8 Å². The van der Waals surface area contributed by atoms with Gasteiger partial charge < -0.3 is 25.0 Å². The van der Waals surface area contributed by atoms with Crippen molar-refractivity contribution in [2.75, 3.05) is 40.8 Å². The van der Waals surface area contributed by atoms with Gasteiger partial charge in [-0.25, -0.2) is 0 Å². The summed E-state index contributed by atoms with van der Waals surface area (Å²) in [6, 6.07) is 8.26. The van der Waals surface area contributed by atoms with Crippen LogP contribution in [0.15, 0.2) is 29.3 Å². The molecule has 6 nitrogen and oxygen atoms in total. The summed E-state index contributed by atoms with van der Waals surface area (Å²) in [6.07, 6.45) is 1.14. The normalized spacial score (nSPS) is 14.1. The lowest BCUT2D eigenvalue weighted by Gasteiger charge is -2.24. The minimum absolute atomic E-state index is 0.0161. The predicted molar refractivity (Wildman–Crippen MR) is 105 cm³/mol. The Morgan fingerprint density at radius 2 is 1.88 bits per heavy atom. The molecule has 2 atom stereocenters. The lowest BCUT2D eigenvalue weighted by Crippen LogP contribution is -2.44. The topological polar surface area (TPSA) is 58.1 Å². The summed E-state index contributed by atoms with van der Waals surface area (Å²) in [5, 5.41) is 6.64. The summed E-state index contributed by atoms with van der Waals surface area (Å²) in [6.45, 7) is 8.94. The van der Waals surface area contributed by atoms with E-state index in [0.29, 0.717) is 12.6 Å². The number of aliphatic imine (C=N–C) groups is 1. The molecular formula is C19H34N4O2. The molecule has 0 saturated heterocycles. The fraction of sp³-hybridized carbons (Fsp3) is 0.632. The van der Waals surface area contributed by atoms with Crippen LogP contribution >= 0.6 is 0 Å². The van der Waals surface area contributed by atoms with Crippen LogP contribution in [0, 0.1) is 0 Å². The van der Waals surface area contributed by atoms with Crippen molar-refractivity contribution < 1.29 is 9.47 Å². The van der Waals surface area contributed by atoms with Crippen molar-refractivity contribution in [3.8, 4) is 11.5 Å². The number of likely N-dealkylation sites (N-methyl/N-ethyl adjacent to an activating group) is 1. The Morgan fingerprint density at radius 1 is 1.20 bits per heavy atom. The highest BCUT2D eigenvalue weighted by Gasteiger charge is 2.10. The molecular weight excluding hydrogens is 316 g/mol. The van der Waals surface area contributed by atoms with Crippen molar-refractivity contribution in [1.82, 2.24) is 15.5 Å². The summed E-state index contributed by atoms with van der Waals surface area (Å²) in [5.74, 6) is 2.27. The van der Waals surface area contributed by atoms with E-state index in [2.05, 4.69) is 41.4 Å². The van der Waals surface area contributed by atoms with E-state index < -0.39 is 0 Å². The van der Waals surface area contributed by atoms with Crippen LogP contribution in [0.3, 0.4) is 0 Å². The van der Waals surface area contributed by atoms with Crippen molar-refractivity contribution in [3.05, 3.63) is 24.3 Å². The van der Waals surface area contributed by atoms with Crippen LogP contribution in [0.1, 0.15) is 27.2 Å². The van der Waals surface area contributed by atoms with Gasteiger partial charge in [0.2, 0.25) is 0 Å². The molecule has 1 aromatic rings. The highest BCUT2D eigenvalue weighted by Crippen LogP contribution is 2.26. The van der Waals surface area contributed by atoms with Crippen molar-refractivity contribution >= 4 is 5.96 Å². The third-order valence-electron chi connectivity index (χ3n) is 4.28. The standard InChI is InChI=1S/C19H34N4O2/c1-7-15(2)23(5)13-12-21-19(20-4)22-14-16(3)25-18-11-9-8-10-17(18)24-6/h8-11,15-16H,7,12-14H2,1-6H3,(H2,20,21,22). The van der Waals surface area contributed by atoms with Crippen LogP contribution in [0.5, 0.6) is 11.5 Å². The minimum atomic E-state index is -0.0161. The molecule has 0 bridgehead atoms.